The standard InChI is InChI=1S/C14H28N2O2S/c1-3-10-15-11-6-4-5-8-14-9-7-12-16(13-14)19(2,17)18/h4-5,14-15H,3,6-13H2,1-2H3. The van der Waals surface area contributed by atoms with Crippen LogP contribution in [0.4, 0.5) is 0 Å². The van der Waals surface area contributed by atoms with E-state index in [1.54, 1.807) is 4.31 Å². The normalized spacial score (nSPS) is 22.1. The lowest BCUT2D eigenvalue weighted by Crippen LogP contribution is -2.39. The van der Waals surface area contributed by atoms with Crippen LogP contribution in [0.2, 0.25) is 0 Å². The summed E-state index contributed by atoms with van der Waals surface area (Å²) in [5.74, 6) is 0.489. The Hall–Kier alpha value is -0.390. The number of nitrogens with one attached hydrogen (secondary N) is 1. The first-order chi connectivity index (χ1) is 9.04. The summed E-state index contributed by atoms with van der Waals surface area (Å²) in [6.45, 7) is 5.67. The number of sulfonamides is 1. The molecule has 0 aromatic heterocycles. The van der Waals surface area contributed by atoms with Crippen LogP contribution in [0.5, 0.6) is 0 Å². The summed E-state index contributed by atoms with van der Waals surface area (Å²) < 4.78 is 24.6. The number of hydrogen-bond acceptors (Lipinski definition) is 3. The maximum Gasteiger partial charge on any atom is 0.211 e. The molecule has 1 aliphatic rings. The smallest absolute Gasteiger partial charge is 0.211 e. The number of hydrogen-bond donors (Lipinski definition) is 1. The van der Waals surface area contributed by atoms with E-state index in [1.807, 2.05) is 0 Å². The molecule has 0 saturated carbocycles. The Morgan fingerprint density at radius 3 is 2.79 bits per heavy atom. The molecule has 1 rings (SSSR count). The van der Waals surface area contributed by atoms with Crippen molar-refractivity contribution in [1.82, 2.24) is 9.62 Å². The Kier molecular flexibility index (Phi) is 7.64. The fourth-order valence-electron chi connectivity index (χ4n) is 2.41. The van der Waals surface area contributed by atoms with E-state index in [9.17, 15) is 8.42 Å². The van der Waals surface area contributed by atoms with Crippen molar-refractivity contribution in [3.05, 3.63) is 12.2 Å². The van der Waals surface area contributed by atoms with Crippen LogP contribution in [0, 0.1) is 5.92 Å². The molecule has 0 aromatic rings. The summed E-state index contributed by atoms with van der Waals surface area (Å²) in [6.07, 6.45) is 11.1. The lowest BCUT2D eigenvalue weighted by atomic mass is 9.96. The van der Waals surface area contributed by atoms with Crippen LogP contribution in [0.25, 0.3) is 0 Å². The largest absolute Gasteiger partial charge is 0.316 e. The lowest BCUT2D eigenvalue weighted by molar-refractivity contribution is 0.269. The van der Waals surface area contributed by atoms with E-state index in [4.69, 9.17) is 0 Å². The molecule has 5 heteroatoms. The Bertz CT molecular complexity index is 366. The average molecular weight is 288 g/mol. The molecule has 1 unspecified atom stereocenters. The van der Waals surface area contributed by atoms with Crippen molar-refractivity contribution in [2.75, 3.05) is 32.4 Å². The van der Waals surface area contributed by atoms with Crippen molar-refractivity contribution in [1.29, 1.82) is 0 Å². The summed E-state index contributed by atoms with van der Waals surface area (Å²) in [7, 11) is -3.01. The Morgan fingerprint density at radius 1 is 1.32 bits per heavy atom. The highest BCUT2D eigenvalue weighted by Gasteiger charge is 2.24. The molecule has 0 radical (unpaired) electrons. The van der Waals surface area contributed by atoms with Gasteiger partial charge in [0.05, 0.1) is 6.26 Å². The third-order valence-corrected chi connectivity index (χ3v) is 4.77. The van der Waals surface area contributed by atoms with E-state index >= 15 is 0 Å². The van der Waals surface area contributed by atoms with Gasteiger partial charge in [0, 0.05) is 13.1 Å². The Morgan fingerprint density at radius 2 is 2.11 bits per heavy atom. The van der Waals surface area contributed by atoms with Gasteiger partial charge in [-0.05, 0) is 51.1 Å². The first-order valence-corrected chi connectivity index (χ1v) is 9.19. The average Bonchev–Trinajstić information content (AvgIpc) is 2.37. The molecule has 19 heavy (non-hydrogen) atoms. The van der Waals surface area contributed by atoms with Crippen molar-refractivity contribution in [3.8, 4) is 0 Å². The highest BCUT2D eigenvalue weighted by Crippen LogP contribution is 2.21. The molecule has 1 N–H and O–H groups in total. The second-order valence-corrected chi connectivity index (χ2v) is 7.36. The highest BCUT2D eigenvalue weighted by molar-refractivity contribution is 7.88. The van der Waals surface area contributed by atoms with Crippen LogP contribution in [0.15, 0.2) is 12.2 Å². The van der Waals surface area contributed by atoms with Gasteiger partial charge in [0.2, 0.25) is 10.0 Å². The quantitative estimate of drug-likeness (QED) is 0.549. The molecule has 1 saturated heterocycles. The predicted molar refractivity (Wildman–Crippen MR) is 80.7 cm³/mol. The summed E-state index contributed by atoms with van der Waals surface area (Å²) >= 11 is 0. The number of piperidine rings is 1. The van der Waals surface area contributed by atoms with E-state index in [0.29, 0.717) is 19.0 Å². The first kappa shape index (κ1) is 16.7. The minimum atomic E-state index is -3.01. The summed E-state index contributed by atoms with van der Waals surface area (Å²) in [4.78, 5) is 0. The van der Waals surface area contributed by atoms with Crippen molar-refractivity contribution in [2.24, 2.45) is 5.92 Å². The van der Waals surface area contributed by atoms with Crippen LogP contribution in [-0.2, 0) is 10.0 Å². The Balaban J connectivity index is 2.20. The summed E-state index contributed by atoms with van der Waals surface area (Å²) in [5, 5.41) is 3.36. The van der Waals surface area contributed by atoms with Crippen molar-refractivity contribution in [2.45, 2.75) is 39.0 Å². The zero-order chi connectivity index (χ0) is 14.1. The number of allylic oxidation sites excluding steroid dienone is 1. The van der Waals surface area contributed by atoms with Crippen LogP contribution < -0.4 is 5.32 Å². The third kappa shape index (κ3) is 7.09. The maximum atomic E-state index is 11.5. The molecule has 0 aliphatic carbocycles. The molecule has 1 fully saturated rings. The predicted octanol–water partition coefficient (Wildman–Crippen LogP) is 1.99. The fourth-order valence-corrected chi connectivity index (χ4v) is 3.36. The van der Waals surface area contributed by atoms with E-state index < -0.39 is 10.0 Å². The molecular formula is C14H28N2O2S. The zero-order valence-electron chi connectivity index (χ0n) is 12.3. The van der Waals surface area contributed by atoms with E-state index in [0.717, 1.165) is 38.8 Å². The first-order valence-electron chi connectivity index (χ1n) is 7.35. The van der Waals surface area contributed by atoms with Gasteiger partial charge >= 0.3 is 0 Å². The molecule has 1 heterocycles. The van der Waals surface area contributed by atoms with Gasteiger partial charge in [0.25, 0.3) is 0 Å². The molecular weight excluding hydrogens is 260 g/mol. The minimum absolute atomic E-state index is 0.489. The monoisotopic (exact) mass is 288 g/mol. The zero-order valence-corrected chi connectivity index (χ0v) is 13.1. The molecule has 1 atom stereocenters. The van der Waals surface area contributed by atoms with Gasteiger partial charge in [-0.1, -0.05) is 19.1 Å². The van der Waals surface area contributed by atoms with Crippen molar-refractivity contribution < 1.29 is 8.42 Å². The van der Waals surface area contributed by atoms with Gasteiger partial charge in [-0.15, -0.1) is 0 Å². The van der Waals surface area contributed by atoms with E-state index in [1.165, 1.54) is 12.7 Å². The number of nitrogens with zero attached hydrogens (tertiary/aromatic N) is 1. The second-order valence-electron chi connectivity index (χ2n) is 5.38. The van der Waals surface area contributed by atoms with Gasteiger partial charge < -0.3 is 5.32 Å². The molecule has 0 amide bonds. The van der Waals surface area contributed by atoms with Crippen LogP contribution in [-0.4, -0.2) is 45.2 Å². The van der Waals surface area contributed by atoms with Crippen LogP contribution in [0.1, 0.15) is 39.0 Å². The molecule has 4 nitrogen and oxygen atoms in total. The minimum Gasteiger partial charge on any atom is -0.316 e. The van der Waals surface area contributed by atoms with Crippen molar-refractivity contribution >= 4 is 10.0 Å². The van der Waals surface area contributed by atoms with Gasteiger partial charge in [0.1, 0.15) is 0 Å². The topological polar surface area (TPSA) is 49.4 Å². The summed E-state index contributed by atoms with van der Waals surface area (Å²) in [6, 6.07) is 0. The van der Waals surface area contributed by atoms with Gasteiger partial charge in [0.15, 0.2) is 0 Å². The van der Waals surface area contributed by atoms with Gasteiger partial charge in [-0.3, -0.25) is 0 Å². The van der Waals surface area contributed by atoms with E-state index in [-0.39, 0.29) is 0 Å². The van der Waals surface area contributed by atoms with Gasteiger partial charge in [-0.25, -0.2) is 12.7 Å². The third-order valence-electron chi connectivity index (χ3n) is 3.50. The molecule has 1 aliphatic heterocycles. The lowest BCUT2D eigenvalue weighted by Gasteiger charge is -2.30. The molecule has 0 bridgehead atoms. The molecule has 0 spiro atoms. The van der Waals surface area contributed by atoms with E-state index in [2.05, 4.69) is 24.4 Å². The van der Waals surface area contributed by atoms with Gasteiger partial charge in [-0.2, -0.15) is 0 Å². The SMILES string of the molecule is CCCNCCC=CCC1CCCN(S(C)(=O)=O)C1. The number of rotatable bonds is 8. The van der Waals surface area contributed by atoms with Crippen LogP contribution in [0.3, 0.4) is 0 Å². The second kappa shape index (κ2) is 8.72. The fraction of sp³-hybridized carbons (Fsp3) is 0.857. The van der Waals surface area contributed by atoms with Crippen LogP contribution >= 0.6 is 0 Å². The molecule has 0 aromatic carbocycles. The summed E-state index contributed by atoms with van der Waals surface area (Å²) in [5.41, 5.74) is 0. The highest BCUT2D eigenvalue weighted by atomic mass is 32.2. The van der Waals surface area contributed by atoms with Crippen molar-refractivity contribution in [3.63, 3.8) is 0 Å². The Labute approximate surface area is 118 Å². The maximum absolute atomic E-state index is 11.5. The molecule has 112 valence electrons.